The number of nitrogens with zero attached hydrogens (tertiary/aromatic N) is 1. The third-order valence-electron chi connectivity index (χ3n) is 1.88. The Morgan fingerprint density at radius 1 is 1.17 bits per heavy atom. The average Bonchev–Trinajstić information content (AvgIpc) is 2.24. The van der Waals surface area contributed by atoms with Gasteiger partial charge in [-0.05, 0) is 6.92 Å². The van der Waals surface area contributed by atoms with Crippen LogP contribution in [-0.4, -0.2) is 49.1 Å². The normalized spacial score (nSPS) is 12.2. The van der Waals surface area contributed by atoms with Gasteiger partial charge in [0.05, 0.1) is 13.0 Å². The second-order valence-corrected chi connectivity index (χ2v) is 3.39. The van der Waals surface area contributed by atoms with Crippen molar-refractivity contribution in [2.45, 2.75) is 25.4 Å². The zero-order valence-electron chi connectivity index (χ0n) is 9.68. The van der Waals surface area contributed by atoms with E-state index in [0.717, 1.165) is 7.05 Å². The summed E-state index contributed by atoms with van der Waals surface area (Å²) in [5.74, 6) is -8.57. The number of carbonyl (C=O) groups is 2. The van der Waals surface area contributed by atoms with Gasteiger partial charge in [-0.2, -0.15) is 22.0 Å². The highest BCUT2D eigenvalue weighted by Gasteiger charge is 2.50. The number of carbonyl (C=O) groups excluding carboxylic acids is 2. The number of alkyl halides is 5. The summed E-state index contributed by atoms with van der Waals surface area (Å²) in [4.78, 5) is 22.0. The van der Waals surface area contributed by atoms with Crippen molar-refractivity contribution < 1.29 is 36.3 Å². The van der Waals surface area contributed by atoms with Crippen molar-refractivity contribution in [3.05, 3.63) is 0 Å². The average molecular weight is 277 g/mol. The van der Waals surface area contributed by atoms with Crippen LogP contribution in [0.3, 0.4) is 0 Å². The molecule has 0 aliphatic heterocycles. The fraction of sp³-hybridized carbons (Fsp3) is 0.778. The van der Waals surface area contributed by atoms with Gasteiger partial charge in [0.15, 0.2) is 0 Å². The summed E-state index contributed by atoms with van der Waals surface area (Å²) >= 11 is 0. The van der Waals surface area contributed by atoms with Crippen molar-refractivity contribution in [2.75, 3.05) is 20.2 Å². The first-order valence-corrected chi connectivity index (χ1v) is 4.89. The molecule has 0 aliphatic carbocycles. The molecular formula is C9H12F5NO3. The third-order valence-corrected chi connectivity index (χ3v) is 1.88. The first-order chi connectivity index (χ1) is 8.02. The van der Waals surface area contributed by atoms with Gasteiger partial charge < -0.3 is 9.64 Å². The maximum atomic E-state index is 13.1. The topological polar surface area (TPSA) is 46.6 Å². The minimum Gasteiger partial charge on any atom is -0.461 e. The summed E-state index contributed by atoms with van der Waals surface area (Å²) < 4.78 is 65.7. The van der Waals surface area contributed by atoms with Crippen molar-refractivity contribution >= 4 is 11.9 Å². The molecule has 9 heteroatoms. The van der Waals surface area contributed by atoms with E-state index in [1.165, 1.54) is 6.92 Å². The summed E-state index contributed by atoms with van der Waals surface area (Å²) in [6, 6.07) is 0. The van der Waals surface area contributed by atoms with Crippen LogP contribution in [0.25, 0.3) is 0 Å². The highest BCUT2D eigenvalue weighted by molar-refractivity contribution is 6.03. The van der Waals surface area contributed by atoms with Crippen LogP contribution in [0.1, 0.15) is 13.3 Å². The molecule has 0 saturated carbocycles. The molecule has 0 fully saturated rings. The van der Waals surface area contributed by atoms with Gasteiger partial charge >= 0.3 is 24.0 Å². The van der Waals surface area contributed by atoms with Crippen LogP contribution in [0.4, 0.5) is 22.0 Å². The van der Waals surface area contributed by atoms with Crippen LogP contribution in [-0.2, 0) is 14.3 Å². The van der Waals surface area contributed by atoms with E-state index < -0.39 is 36.9 Å². The van der Waals surface area contributed by atoms with Gasteiger partial charge in [-0.3, -0.25) is 4.79 Å². The predicted molar refractivity (Wildman–Crippen MR) is 49.9 cm³/mol. The minimum absolute atomic E-state index is 0.143. The maximum Gasteiger partial charge on any atom is 0.419 e. The van der Waals surface area contributed by atoms with Gasteiger partial charge in [-0.15, -0.1) is 0 Å². The summed E-state index contributed by atoms with van der Waals surface area (Å²) in [5.41, 5.74) is 0. The molecule has 0 atom stereocenters. The molecule has 0 saturated heterocycles. The van der Waals surface area contributed by atoms with E-state index in [4.69, 9.17) is 0 Å². The quantitative estimate of drug-likeness (QED) is 0.435. The summed E-state index contributed by atoms with van der Waals surface area (Å²) in [6.45, 7) is -0.0723. The Hall–Kier alpha value is -1.41. The molecular weight excluding hydrogens is 265 g/mol. The lowest BCUT2D eigenvalue weighted by Crippen LogP contribution is -2.48. The van der Waals surface area contributed by atoms with Crippen LogP contribution in [0.15, 0.2) is 0 Å². The van der Waals surface area contributed by atoms with Crippen molar-refractivity contribution in [1.82, 2.24) is 4.90 Å². The predicted octanol–water partition coefficient (Wildman–Crippen LogP) is 1.60. The lowest BCUT2D eigenvalue weighted by molar-refractivity contribution is -0.183. The van der Waals surface area contributed by atoms with Crippen molar-refractivity contribution in [1.29, 1.82) is 0 Å². The van der Waals surface area contributed by atoms with Gasteiger partial charge in [-0.25, -0.2) is 4.79 Å². The molecule has 0 radical (unpaired) electrons. The molecule has 0 unspecified atom stereocenters. The van der Waals surface area contributed by atoms with Crippen LogP contribution in [0.2, 0.25) is 0 Å². The first-order valence-electron chi connectivity index (χ1n) is 4.89. The van der Waals surface area contributed by atoms with Crippen molar-refractivity contribution in [3.63, 3.8) is 0 Å². The van der Waals surface area contributed by atoms with E-state index >= 15 is 0 Å². The van der Waals surface area contributed by atoms with Crippen LogP contribution in [0, 0.1) is 0 Å². The summed E-state index contributed by atoms with van der Waals surface area (Å²) in [6.07, 6.45) is -6.01. The molecule has 0 heterocycles. The minimum atomic E-state index is -4.58. The molecule has 0 bridgehead atoms. The van der Waals surface area contributed by atoms with Gasteiger partial charge in [0, 0.05) is 13.6 Å². The van der Waals surface area contributed by atoms with Gasteiger partial charge in [0.25, 0.3) is 0 Å². The fourth-order valence-corrected chi connectivity index (χ4v) is 0.945. The van der Waals surface area contributed by atoms with Gasteiger partial charge in [0.2, 0.25) is 0 Å². The van der Waals surface area contributed by atoms with E-state index in [1.54, 1.807) is 0 Å². The van der Waals surface area contributed by atoms with Gasteiger partial charge in [-0.1, -0.05) is 0 Å². The monoisotopic (exact) mass is 277 g/mol. The first kappa shape index (κ1) is 16.6. The highest BCUT2D eigenvalue weighted by Crippen LogP contribution is 2.22. The number of amides is 1. The molecule has 0 spiro atoms. The Morgan fingerprint density at radius 3 is 2.06 bits per heavy atom. The Labute approximate surface area is 99.7 Å². The molecule has 106 valence electrons. The molecule has 0 aromatic carbocycles. The molecule has 0 aliphatic rings. The molecule has 0 rings (SSSR count). The van der Waals surface area contributed by atoms with E-state index in [1.807, 2.05) is 0 Å². The Kier molecular flexibility index (Phi) is 5.50. The fourth-order valence-electron chi connectivity index (χ4n) is 0.945. The maximum absolute atomic E-state index is 13.1. The van der Waals surface area contributed by atoms with E-state index in [2.05, 4.69) is 4.74 Å². The number of ether oxygens (including phenoxy) is 1. The van der Waals surface area contributed by atoms with Crippen LogP contribution in [0.5, 0.6) is 0 Å². The summed E-state index contributed by atoms with van der Waals surface area (Å²) in [5, 5.41) is 0. The lowest BCUT2D eigenvalue weighted by atomic mass is 10.2. The smallest absolute Gasteiger partial charge is 0.419 e. The standard InChI is InChI=1S/C9H12F5NO3/c1-3-18-7(17)9(13,14)6(16)15(2)5-4-8(10,11)12/h3-5H2,1-2H3. The van der Waals surface area contributed by atoms with Crippen LogP contribution >= 0.6 is 0 Å². The Balaban J connectivity index is 4.57. The highest BCUT2D eigenvalue weighted by atomic mass is 19.4. The third kappa shape index (κ3) is 4.84. The number of esters is 1. The zero-order chi connectivity index (χ0) is 14.6. The van der Waals surface area contributed by atoms with Crippen molar-refractivity contribution in [2.24, 2.45) is 0 Å². The Morgan fingerprint density at radius 2 is 1.67 bits per heavy atom. The molecule has 18 heavy (non-hydrogen) atoms. The number of halogens is 5. The van der Waals surface area contributed by atoms with E-state index in [-0.39, 0.29) is 11.5 Å². The molecule has 0 aromatic heterocycles. The second kappa shape index (κ2) is 5.96. The zero-order valence-corrected chi connectivity index (χ0v) is 9.68. The molecule has 1 amide bonds. The number of rotatable bonds is 5. The largest absolute Gasteiger partial charge is 0.461 e. The number of hydrogen-bond donors (Lipinski definition) is 0. The summed E-state index contributed by atoms with van der Waals surface area (Å²) in [7, 11) is 0.751. The Bertz CT molecular complexity index is 316. The molecule has 4 nitrogen and oxygen atoms in total. The SMILES string of the molecule is CCOC(=O)C(F)(F)C(=O)N(C)CCC(F)(F)F. The number of hydrogen-bond acceptors (Lipinski definition) is 3. The van der Waals surface area contributed by atoms with Gasteiger partial charge in [0.1, 0.15) is 0 Å². The van der Waals surface area contributed by atoms with Crippen molar-refractivity contribution in [3.8, 4) is 0 Å². The second-order valence-electron chi connectivity index (χ2n) is 3.39. The molecule has 0 aromatic rings. The van der Waals surface area contributed by atoms with E-state index in [0.29, 0.717) is 0 Å². The lowest BCUT2D eigenvalue weighted by Gasteiger charge is -2.22. The van der Waals surface area contributed by atoms with Crippen LogP contribution < -0.4 is 0 Å². The van der Waals surface area contributed by atoms with E-state index in [9.17, 15) is 31.5 Å². The molecule has 0 N–H and O–H groups in total.